The van der Waals surface area contributed by atoms with E-state index in [1.165, 1.54) is 0 Å². The van der Waals surface area contributed by atoms with Crippen molar-refractivity contribution in [3.05, 3.63) is 0 Å². The third-order valence-electron chi connectivity index (χ3n) is 10.5. The topological polar surface area (TPSA) is 82.4 Å². The molecule has 0 aromatic rings. The Morgan fingerprint density at radius 3 is 2.57 bits per heavy atom. The number of fused-ring (bicyclic) bond motifs is 2. The zero-order chi connectivity index (χ0) is 19.6. The standard InChI is InChI=1S/C22H35NO5/c1-4-23-10-20(25)6-5-16(24)22-12-7-11-14(27-2)9-21(26,17(12)18(11)28-3)13(19(22)23)8-15(20)22/h11-19,24-26H,4-10H2,1-3H3/t11-,12-,13-,14+,15-,16+,17-,18+,19-,20-,21+,22-/m1/s1. The van der Waals surface area contributed by atoms with Crippen LogP contribution in [0.4, 0.5) is 0 Å². The van der Waals surface area contributed by atoms with Crippen molar-refractivity contribution in [2.75, 3.05) is 27.3 Å². The highest BCUT2D eigenvalue weighted by Crippen LogP contribution is 2.77. The summed E-state index contributed by atoms with van der Waals surface area (Å²) in [6.45, 7) is 3.69. The molecule has 12 atom stereocenters. The van der Waals surface area contributed by atoms with Crippen LogP contribution in [-0.2, 0) is 9.47 Å². The average Bonchev–Trinajstić information content (AvgIpc) is 3.16. The van der Waals surface area contributed by atoms with Crippen molar-refractivity contribution >= 4 is 0 Å². The Morgan fingerprint density at radius 1 is 1.11 bits per heavy atom. The molecule has 6 rings (SSSR count). The minimum atomic E-state index is -0.843. The first kappa shape index (κ1) is 18.5. The molecule has 6 nitrogen and oxygen atoms in total. The number of likely N-dealkylation sites (tertiary alicyclic amines) is 1. The number of nitrogens with zero attached hydrogens (tertiary/aromatic N) is 1. The first-order chi connectivity index (χ1) is 13.4. The van der Waals surface area contributed by atoms with E-state index in [4.69, 9.17) is 9.47 Å². The maximum atomic E-state index is 12.3. The summed E-state index contributed by atoms with van der Waals surface area (Å²) in [5.74, 6) is 0.622. The van der Waals surface area contributed by atoms with Crippen molar-refractivity contribution in [1.82, 2.24) is 4.90 Å². The highest BCUT2D eigenvalue weighted by Gasteiger charge is 2.83. The van der Waals surface area contributed by atoms with E-state index in [0.29, 0.717) is 25.8 Å². The van der Waals surface area contributed by atoms with E-state index in [0.717, 1.165) is 19.4 Å². The Morgan fingerprint density at radius 2 is 1.89 bits per heavy atom. The van der Waals surface area contributed by atoms with Crippen molar-refractivity contribution in [3.8, 4) is 0 Å². The van der Waals surface area contributed by atoms with Gasteiger partial charge in [0.05, 0.1) is 29.5 Å². The van der Waals surface area contributed by atoms with Crippen molar-refractivity contribution in [2.24, 2.45) is 35.0 Å². The summed E-state index contributed by atoms with van der Waals surface area (Å²) in [7, 11) is 3.52. The molecule has 5 aliphatic carbocycles. The van der Waals surface area contributed by atoms with Gasteiger partial charge < -0.3 is 24.8 Å². The van der Waals surface area contributed by atoms with Crippen LogP contribution in [0.15, 0.2) is 0 Å². The number of β-amino-alcohol motifs (C(OH)–C–C–N with tert-alkyl or cyclic N) is 1. The van der Waals surface area contributed by atoms with E-state index in [1.54, 1.807) is 14.2 Å². The molecule has 28 heavy (non-hydrogen) atoms. The van der Waals surface area contributed by atoms with E-state index in [-0.39, 0.29) is 53.3 Å². The molecule has 158 valence electrons. The Balaban J connectivity index is 1.59. The van der Waals surface area contributed by atoms with Gasteiger partial charge in [0.2, 0.25) is 0 Å². The monoisotopic (exact) mass is 393 g/mol. The van der Waals surface area contributed by atoms with E-state index in [2.05, 4.69) is 11.8 Å². The predicted octanol–water partition coefficient (Wildman–Crippen LogP) is 0.630. The molecule has 6 fully saturated rings. The van der Waals surface area contributed by atoms with Crippen LogP contribution < -0.4 is 0 Å². The van der Waals surface area contributed by atoms with Crippen LogP contribution in [0.3, 0.4) is 0 Å². The van der Waals surface area contributed by atoms with Crippen molar-refractivity contribution < 1.29 is 24.8 Å². The van der Waals surface area contributed by atoms with Gasteiger partial charge in [-0.3, -0.25) is 4.90 Å². The number of aliphatic hydroxyl groups is 3. The van der Waals surface area contributed by atoms with Gasteiger partial charge in [-0.1, -0.05) is 6.92 Å². The fourth-order valence-electron chi connectivity index (χ4n) is 9.96. The lowest BCUT2D eigenvalue weighted by molar-refractivity contribution is -0.281. The SMILES string of the molecule is CCN1C[C@]2(O)CC[C@H](O)[C@@]34[C@@H]5C[C@H]6[C@H](OC)[C@@H]5[C@](O)(C[C@@H]6OC)[C@H](C[C@H]23)[C@@H]14. The number of ether oxygens (including phenoxy) is 2. The molecule has 1 spiro atoms. The lowest BCUT2D eigenvalue weighted by atomic mass is 9.45. The lowest BCUT2D eigenvalue weighted by Crippen LogP contribution is -2.77. The maximum absolute atomic E-state index is 12.3. The molecule has 0 aromatic carbocycles. The fourth-order valence-corrected chi connectivity index (χ4v) is 9.96. The van der Waals surface area contributed by atoms with Crippen LogP contribution in [0.25, 0.3) is 0 Å². The largest absolute Gasteiger partial charge is 0.392 e. The van der Waals surface area contributed by atoms with Gasteiger partial charge in [0.15, 0.2) is 0 Å². The van der Waals surface area contributed by atoms with Crippen LogP contribution in [0.5, 0.6) is 0 Å². The summed E-state index contributed by atoms with van der Waals surface area (Å²) in [6, 6.07) is 0.149. The quantitative estimate of drug-likeness (QED) is 0.653. The van der Waals surface area contributed by atoms with Crippen molar-refractivity contribution in [2.45, 2.75) is 74.6 Å². The summed E-state index contributed by atoms with van der Waals surface area (Å²) >= 11 is 0. The highest BCUT2D eigenvalue weighted by molar-refractivity contribution is 5.33. The number of aliphatic hydroxyl groups excluding tert-OH is 1. The predicted molar refractivity (Wildman–Crippen MR) is 102 cm³/mol. The molecule has 3 N–H and O–H groups in total. The van der Waals surface area contributed by atoms with Gasteiger partial charge in [0.1, 0.15) is 0 Å². The Hall–Kier alpha value is -0.240. The van der Waals surface area contributed by atoms with Gasteiger partial charge in [0.25, 0.3) is 0 Å². The Bertz CT molecular complexity index is 690. The third-order valence-corrected chi connectivity index (χ3v) is 10.5. The second kappa shape index (κ2) is 5.51. The van der Waals surface area contributed by atoms with Crippen LogP contribution in [0.1, 0.15) is 39.0 Å². The number of likely N-dealkylation sites (N-methyl/N-ethyl adjacent to an activating group) is 1. The summed E-state index contributed by atoms with van der Waals surface area (Å²) in [4.78, 5) is 2.40. The molecule has 0 amide bonds. The maximum Gasteiger partial charge on any atom is 0.0810 e. The van der Waals surface area contributed by atoms with Gasteiger partial charge >= 0.3 is 0 Å². The average molecular weight is 394 g/mol. The van der Waals surface area contributed by atoms with Gasteiger partial charge in [-0.2, -0.15) is 0 Å². The van der Waals surface area contributed by atoms with Crippen molar-refractivity contribution in [3.63, 3.8) is 0 Å². The lowest BCUT2D eigenvalue weighted by Gasteiger charge is -2.68. The van der Waals surface area contributed by atoms with Crippen LogP contribution in [0.2, 0.25) is 0 Å². The van der Waals surface area contributed by atoms with Crippen LogP contribution in [-0.4, -0.2) is 83.1 Å². The van der Waals surface area contributed by atoms with Gasteiger partial charge in [-0.05, 0) is 44.1 Å². The molecule has 1 saturated heterocycles. The molecular formula is C22H35NO5. The zero-order valence-electron chi connectivity index (χ0n) is 17.3. The summed E-state index contributed by atoms with van der Waals surface area (Å²) < 4.78 is 11.9. The molecule has 5 saturated carbocycles. The Kier molecular flexibility index (Phi) is 3.65. The first-order valence-corrected chi connectivity index (χ1v) is 11.3. The first-order valence-electron chi connectivity index (χ1n) is 11.3. The highest BCUT2D eigenvalue weighted by atomic mass is 16.5. The van der Waals surface area contributed by atoms with Crippen molar-refractivity contribution in [1.29, 1.82) is 0 Å². The number of piperidine rings is 1. The van der Waals surface area contributed by atoms with Gasteiger partial charge in [-0.15, -0.1) is 0 Å². The van der Waals surface area contributed by atoms with Gasteiger partial charge in [-0.25, -0.2) is 0 Å². The molecule has 7 bridgehead atoms. The summed E-state index contributed by atoms with van der Waals surface area (Å²) in [6.07, 6.45) is 3.31. The minimum Gasteiger partial charge on any atom is -0.392 e. The molecule has 0 unspecified atom stereocenters. The van der Waals surface area contributed by atoms with E-state index < -0.39 is 17.3 Å². The molecule has 0 radical (unpaired) electrons. The van der Waals surface area contributed by atoms with Crippen LogP contribution >= 0.6 is 0 Å². The zero-order valence-corrected chi connectivity index (χ0v) is 17.3. The number of rotatable bonds is 3. The third kappa shape index (κ3) is 1.72. The van der Waals surface area contributed by atoms with E-state index >= 15 is 0 Å². The van der Waals surface area contributed by atoms with Crippen LogP contribution in [0, 0.1) is 35.0 Å². The molecule has 0 aromatic heterocycles. The second-order valence-corrected chi connectivity index (χ2v) is 10.8. The van der Waals surface area contributed by atoms with E-state index in [1.807, 2.05) is 0 Å². The molecule has 6 heteroatoms. The molecule has 1 aliphatic heterocycles. The molecule has 6 aliphatic rings. The fraction of sp³-hybridized carbons (Fsp3) is 1.00. The second-order valence-electron chi connectivity index (χ2n) is 10.8. The smallest absolute Gasteiger partial charge is 0.0810 e. The van der Waals surface area contributed by atoms with E-state index in [9.17, 15) is 15.3 Å². The molecule has 1 heterocycles. The number of methoxy groups -OCH3 is 2. The summed E-state index contributed by atoms with van der Waals surface area (Å²) in [5.41, 5.74) is -1.90. The summed E-state index contributed by atoms with van der Waals surface area (Å²) in [5, 5.41) is 35.6. The number of hydrogen-bond donors (Lipinski definition) is 3. The normalized spacial score (nSPS) is 64.3. The Labute approximate surface area is 167 Å². The number of hydrogen-bond acceptors (Lipinski definition) is 6. The minimum absolute atomic E-state index is 0.00139. The molecular weight excluding hydrogens is 358 g/mol. The van der Waals surface area contributed by atoms with Gasteiger partial charge in [0, 0.05) is 56.4 Å².